The summed E-state index contributed by atoms with van der Waals surface area (Å²) in [5.74, 6) is -0.454. The highest BCUT2D eigenvalue weighted by Crippen LogP contribution is 2.13. The Labute approximate surface area is 138 Å². The normalized spacial score (nSPS) is 12.6. The van der Waals surface area contributed by atoms with Gasteiger partial charge in [0.25, 0.3) is 0 Å². The van der Waals surface area contributed by atoms with Crippen LogP contribution < -0.4 is 5.32 Å². The molecule has 22 heavy (non-hydrogen) atoms. The summed E-state index contributed by atoms with van der Waals surface area (Å²) in [4.78, 5) is 23.6. The van der Waals surface area contributed by atoms with Crippen LogP contribution >= 0.6 is 15.9 Å². The van der Waals surface area contributed by atoms with E-state index in [2.05, 4.69) is 26.3 Å². The fourth-order valence-electron chi connectivity index (χ4n) is 1.71. The molecule has 0 aliphatic carbocycles. The summed E-state index contributed by atoms with van der Waals surface area (Å²) in [5.41, 5.74) is -0.235. The number of aromatic nitrogens is 2. The van der Waals surface area contributed by atoms with Gasteiger partial charge in [0.1, 0.15) is 15.9 Å². The summed E-state index contributed by atoms with van der Waals surface area (Å²) < 4.78 is 12.2. The Bertz CT molecular complexity index is 537. The van der Waals surface area contributed by atoms with Gasteiger partial charge < -0.3 is 14.8 Å². The van der Waals surface area contributed by atoms with E-state index in [1.807, 2.05) is 0 Å². The molecule has 1 rings (SSSR count). The average molecular weight is 376 g/mol. The molecule has 0 saturated carbocycles. The monoisotopic (exact) mass is 375 g/mol. The maximum atomic E-state index is 11.9. The van der Waals surface area contributed by atoms with E-state index < -0.39 is 17.7 Å². The smallest absolute Gasteiger partial charge is 0.407 e. The van der Waals surface area contributed by atoms with Gasteiger partial charge in [0, 0.05) is 12.1 Å². The van der Waals surface area contributed by atoms with Gasteiger partial charge >= 0.3 is 12.1 Å². The second-order valence-electron chi connectivity index (χ2n) is 5.80. The standard InChI is InChI=1S/C14H22BrN3O4/c1-6-21-12(19)10-7-11(15)17-18(10)8-9(2)16-13(20)22-14(3,4)5/h7,9H,6,8H2,1-5H3,(H,16,20)/t9-/m1/s1. The van der Waals surface area contributed by atoms with E-state index in [-0.39, 0.29) is 12.6 Å². The Hall–Kier alpha value is -1.57. The highest BCUT2D eigenvalue weighted by atomic mass is 79.9. The van der Waals surface area contributed by atoms with Gasteiger partial charge in [0.2, 0.25) is 0 Å². The van der Waals surface area contributed by atoms with Crippen LogP contribution in [0.25, 0.3) is 0 Å². The van der Waals surface area contributed by atoms with Crippen LogP contribution in [0, 0.1) is 0 Å². The molecular weight excluding hydrogens is 354 g/mol. The number of carbonyl (C=O) groups excluding carboxylic acids is 2. The van der Waals surface area contributed by atoms with Gasteiger partial charge in [0.05, 0.1) is 13.2 Å². The molecule has 7 nitrogen and oxygen atoms in total. The molecule has 0 saturated heterocycles. The summed E-state index contributed by atoms with van der Waals surface area (Å²) in [6.07, 6.45) is -0.510. The first kappa shape index (κ1) is 18.5. The number of amides is 1. The molecule has 1 aromatic heterocycles. The summed E-state index contributed by atoms with van der Waals surface area (Å²) in [6, 6.07) is 1.31. The lowest BCUT2D eigenvalue weighted by Crippen LogP contribution is -2.40. The Morgan fingerprint density at radius 2 is 2.09 bits per heavy atom. The van der Waals surface area contributed by atoms with Gasteiger partial charge in [-0.05, 0) is 50.5 Å². The summed E-state index contributed by atoms with van der Waals surface area (Å²) >= 11 is 3.23. The van der Waals surface area contributed by atoms with Crippen LogP contribution in [-0.2, 0) is 16.0 Å². The highest BCUT2D eigenvalue weighted by molar-refractivity contribution is 9.10. The molecule has 0 aliphatic heterocycles. The molecule has 0 aliphatic rings. The van der Waals surface area contributed by atoms with Gasteiger partial charge in [-0.15, -0.1) is 0 Å². The summed E-state index contributed by atoms with van der Waals surface area (Å²) in [7, 11) is 0. The first-order valence-electron chi connectivity index (χ1n) is 7.02. The van der Waals surface area contributed by atoms with Crippen LogP contribution in [0.15, 0.2) is 10.7 Å². The Balaban J connectivity index is 2.70. The van der Waals surface area contributed by atoms with Crippen molar-refractivity contribution < 1.29 is 19.1 Å². The molecule has 8 heteroatoms. The predicted molar refractivity (Wildman–Crippen MR) is 84.7 cm³/mol. The van der Waals surface area contributed by atoms with Crippen molar-refractivity contribution in [2.45, 2.75) is 52.8 Å². The molecule has 0 spiro atoms. The van der Waals surface area contributed by atoms with Crippen LogP contribution in [0.2, 0.25) is 0 Å². The summed E-state index contributed by atoms with van der Waals surface area (Å²) in [5, 5.41) is 6.88. The van der Waals surface area contributed by atoms with Crippen LogP contribution in [-0.4, -0.2) is 40.1 Å². The third-order valence-electron chi connectivity index (χ3n) is 2.44. The molecule has 1 aromatic rings. The molecule has 0 fully saturated rings. The number of alkyl carbamates (subject to hydrolysis) is 1. The maximum Gasteiger partial charge on any atom is 0.407 e. The van der Waals surface area contributed by atoms with E-state index >= 15 is 0 Å². The second-order valence-corrected chi connectivity index (χ2v) is 6.61. The zero-order valence-electron chi connectivity index (χ0n) is 13.5. The van der Waals surface area contributed by atoms with Crippen molar-refractivity contribution in [3.8, 4) is 0 Å². The third-order valence-corrected chi connectivity index (χ3v) is 2.83. The Kier molecular flexibility index (Phi) is 6.40. The fourth-order valence-corrected chi connectivity index (χ4v) is 2.12. The minimum atomic E-state index is -0.561. The number of ether oxygens (including phenoxy) is 2. The predicted octanol–water partition coefficient (Wildman–Crippen LogP) is 2.74. The number of hydrogen-bond donors (Lipinski definition) is 1. The van der Waals surface area contributed by atoms with Crippen molar-refractivity contribution in [1.29, 1.82) is 0 Å². The molecule has 1 amide bonds. The van der Waals surface area contributed by atoms with Crippen molar-refractivity contribution in [3.05, 3.63) is 16.4 Å². The lowest BCUT2D eigenvalue weighted by atomic mass is 10.2. The number of carbonyl (C=O) groups is 2. The largest absolute Gasteiger partial charge is 0.461 e. The van der Waals surface area contributed by atoms with Crippen molar-refractivity contribution in [1.82, 2.24) is 15.1 Å². The molecule has 1 N–H and O–H groups in total. The number of halogens is 1. The molecule has 0 unspecified atom stereocenters. The zero-order valence-corrected chi connectivity index (χ0v) is 15.1. The van der Waals surface area contributed by atoms with E-state index in [1.165, 1.54) is 4.68 Å². The van der Waals surface area contributed by atoms with Crippen molar-refractivity contribution in [2.75, 3.05) is 6.61 Å². The molecular formula is C14H22BrN3O4. The van der Waals surface area contributed by atoms with Crippen LogP contribution in [0.4, 0.5) is 4.79 Å². The Morgan fingerprint density at radius 3 is 2.64 bits per heavy atom. The van der Waals surface area contributed by atoms with Crippen LogP contribution in [0.1, 0.15) is 45.1 Å². The quantitative estimate of drug-likeness (QED) is 0.799. The molecule has 0 radical (unpaired) electrons. The van der Waals surface area contributed by atoms with Gasteiger partial charge in [-0.2, -0.15) is 5.10 Å². The van der Waals surface area contributed by atoms with E-state index in [9.17, 15) is 9.59 Å². The lowest BCUT2D eigenvalue weighted by Gasteiger charge is -2.22. The van der Waals surface area contributed by atoms with Crippen molar-refractivity contribution >= 4 is 28.0 Å². The molecule has 1 atom stereocenters. The fraction of sp³-hybridized carbons (Fsp3) is 0.643. The minimum absolute atomic E-state index is 0.269. The summed E-state index contributed by atoms with van der Waals surface area (Å²) in [6.45, 7) is 9.52. The van der Waals surface area contributed by atoms with Gasteiger partial charge in [-0.1, -0.05) is 0 Å². The van der Waals surface area contributed by atoms with Crippen molar-refractivity contribution in [2.24, 2.45) is 0 Å². The van der Waals surface area contributed by atoms with Crippen LogP contribution in [0.3, 0.4) is 0 Å². The number of esters is 1. The van der Waals surface area contributed by atoms with Gasteiger partial charge in [-0.3, -0.25) is 4.68 Å². The zero-order chi connectivity index (χ0) is 16.9. The van der Waals surface area contributed by atoms with Crippen molar-refractivity contribution in [3.63, 3.8) is 0 Å². The Morgan fingerprint density at radius 1 is 1.45 bits per heavy atom. The highest BCUT2D eigenvalue weighted by Gasteiger charge is 2.20. The lowest BCUT2D eigenvalue weighted by molar-refractivity contribution is 0.0501. The third kappa shape index (κ3) is 6.05. The number of nitrogens with one attached hydrogen (secondary N) is 1. The number of nitrogens with zero attached hydrogens (tertiary/aromatic N) is 2. The van der Waals surface area contributed by atoms with Gasteiger partial charge in [-0.25, -0.2) is 9.59 Å². The second kappa shape index (κ2) is 7.62. The topological polar surface area (TPSA) is 82.5 Å². The van der Waals surface area contributed by atoms with Crippen LogP contribution in [0.5, 0.6) is 0 Å². The maximum absolute atomic E-state index is 11.9. The molecule has 0 aromatic carbocycles. The molecule has 124 valence electrons. The first-order chi connectivity index (χ1) is 10.1. The van der Waals surface area contributed by atoms with E-state index in [0.717, 1.165) is 0 Å². The number of rotatable bonds is 5. The minimum Gasteiger partial charge on any atom is -0.461 e. The first-order valence-corrected chi connectivity index (χ1v) is 7.81. The molecule has 0 bridgehead atoms. The SMILES string of the molecule is CCOC(=O)c1cc(Br)nn1C[C@@H](C)NC(=O)OC(C)(C)C. The van der Waals surface area contributed by atoms with E-state index in [0.29, 0.717) is 16.8 Å². The number of hydrogen-bond acceptors (Lipinski definition) is 5. The van der Waals surface area contributed by atoms with E-state index in [1.54, 1.807) is 40.7 Å². The average Bonchev–Trinajstić information content (AvgIpc) is 2.67. The molecule has 1 heterocycles. The van der Waals surface area contributed by atoms with E-state index in [4.69, 9.17) is 9.47 Å². The van der Waals surface area contributed by atoms with Gasteiger partial charge in [0.15, 0.2) is 0 Å².